The highest BCUT2D eigenvalue weighted by atomic mass is 15.5. The standard InChI is InChI=1S/C11H17N7/c1-16-3-4-18(12)9(7-16)10-13-5-8-6-14-17(2)11(8)15-10/h5-6,9H,3-4,7,12H2,1-2H3. The van der Waals surface area contributed by atoms with Crippen LogP contribution in [-0.4, -0.2) is 56.3 Å². The Balaban J connectivity index is 1.99. The van der Waals surface area contributed by atoms with Crippen molar-refractivity contribution in [1.82, 2.24) is 29.7 Å². The Kier molecular flexibility index (Phi) is 2.73. The summed E-state index contributed by atoms with van der Waals surface area (Å²) in [5, 5.41) is 6.94. The summed E-state index contributed by atoms with van der Waals surface area (Å²) in [6.07, 6.45) is 3.58. The smallest absolute Gasteiger partial charge is 0.161 e. The minimum absolute atomic E-state index is 0.0445. The van der Waals surface area contributed by atoms with Crippen molar-refractivity contribution in [3.05, 3.63) is 18.2 Å². The van der Waals surface area contributed by atoms with Gasteiger partial charge in [0.1, 0.15) is 0 Å². The Hall–Kier alpha value is -1.57. The lowest BCUT2D eigenvalue weighted by Crippen LogP contribution is -2.50. The third-order valence-corrected chi connectivity index (χ3v) is 3.41. The fraction of sp³-hybridized carbons (Fsp3) is 0.545. The van der Waals surface area contributed by atoms with E-state index in [1.54, 1.807) is 10.9 Å². The number of nitrogens with zero attached hydrogens (tertiary/aromatic N) is 6. The second-order valence-corrected chi connectivity index (χ2v) is 4.79. The van der Waals surface area contributed by atoms with Crippen LogP contribution in [0.4, 0.5) is 0 Å². The summed E-state index contributed by atoms with van der Waals surface area (Å²) >= 11 is 0. The molecule has 1 saturated heterocycles. The minimum atomic E-state index is 0.0445. The molecule has 0 spiro atoms. The van der Waals surface area contributed by atoms with Crippen LogP contribution in [-0.2, 0) is 7.05 Å². The van der Waals surface area contributed by atoms with E-state index >= 15 is 0 Å². The number of hydrazine groups is 1. The molecule has 2 aromatic heterocycles. The lowest BCUT2D eigenvalue weighted by molar-refractivity contribution is 0.0856. The molecule has 0 saturated carbocycles. The van der Waals surface area contributed by atoms with Gasteiger partial charge in [0.2, 0.25) is 0 Å². The molecule has 1 unspecified atom stereocenters. The maximum absolute atomic E-state index is 6.03. The van der Waals surface area contributed by atoms with Crippen LogP contribution in [0.25, 0.3) is 11.0 Å². The first-order valence-electron chi connectivity index (χ1n) is 5.99. The summed E-state index contributed by atoms with van der Waals surface area (Å²) in [6.45, 7) is 2.65. The molecule has 0 aliphatic carbocycles. The quantitative estimate of drug-likeness (QED) is 0.686. The van der Waals surface area contributed by atoms with E-state index in [1.165, 1.54) is 0 Å². The third kappa shape index (κ3) is 1.86. The lowest BCUT2D eigenvalue weighted by Gasteiger charge is -2.35. The minimum Gasteiger partial charge on any atom is -0.303 e. The molecular weight excluding hydrogens is 230 g/mol. The largest absolute Gasteiger partial charge is 0.303 e. The highest BCUT2D eigenvalue weighted by molar-refractivity contribution is 5.73. The van der Waals surface area contributed by atoms with Gasteiger partial charge >= 0.3 is 0 Å². The average Bonchev–Trinajstić information content (AvgIpc) is 2.74. The molecule has 96 valence electrons. The van der Waals surface area contributed by atoms with Gasteiger partial charge in [-0.2, -0.15) is 5.10 Å². The summed E-state index contributed by atoms with van der Waals surface area (Å²) in [7, 11) is 3.97. The van der Waals surface area contributed by atoms with E-state index in [2.05, 4.69) is 27.0 Å². The maximum atomic E-state index is 6.03. The van der Waals surface area contributed by atoms with E-state index in [1.807, 2.05) is 18.3 Å². The number of hydrogen-bond acceptors (Lipinski definition) is 6. The van der Waals surface area contributed by atoms with Gasteiger partial charge in [0.25, 0.3) is 0 Å². The first kappa shape index (κ1) is 11.5. The number of piperazine rings is 1. The number of aryl methyl sites for hydroxylation is 1. The number of nitrogens with two attached hydrogens (primary N) is 1. The highest BCUT2D eigenvalue weighted by Crippen LogP contribution is 2.20. The number of hydrogen-bond donors (Lipinski definition) is 1. The van der Waals surface area contributed by atoms with Gasteiger partial charge in [0.05, 0.1) is 17.6 Å². The van der Waals surface area contributed by atoms with E-state index in [0.29, 0.717) is 0 Å². The number of likely N-dealkylation sites (N-methyl/N-ethyl adjacent to an activating group) is 1. The molecule has 18 heavy (non-hydrogen) atoms. The summed E-state index contributed by atoms with van der Waals surface area (Å²) in [4.78, 5) is 11.2. The maximum Gasteiger partial charge on any atom is 0.161 e. The Morgan fingerprint density at radius 2 is 2.11 bits per heavy atom. The summed E-state index contributed by atoms with van der Waals surface area (Å²) in [6, 6.07) is 0.0445. The van der Waals surface area contributed by atoms with Gasteiger partial charge in [-0.05, 0) is 7.05 Å². The van der Waals surface area contributed by atoms with Crippen LogP contribution in [0.2, 0.25) is 0 Å². The molecule has 2 aromatic rings. The van der Waals surface area contributed by atoms with Crippen LogP contribution in [0.1, 0.15) is 11.9 Å². The third-order valence-electron chi connectivity index (χ3n) is 3.41. The van der Waals surface area contributed by atoms with Crippen molar-refractivity contribution in [2.24, 2.45) is 12.9 Å². The molecule has 0 bridgehead atoms. The van der Waals surface area contributed by atoms with Crippen molar-refractivity contribution >= 4 is 11.0 Å². The number of aromatic nitrogens is 4. The molecule has 3 heterocycles. The molecule has 3 rings (SSSR count). The normalized spacial score (nSPS) is 22.7. The molecule has 0 aromatic carbocycles. The predicted molar refractivity (Wildman–Crippen MR) is 67.4 cm³/mol. The zero-order valence-electron chi connectivity index (χ0n) is 10.6. The topological polar surface area (TPSA) is 76.1 Å². The Morgan fingerprint density at radius 1 is 1.28 bits per heavy atom. The molecule has 0 amide bonds. The Morgan fingerprint density at radius 3 is 2.94 bits per heavy atom. The van der Waals surface area contributed by atoms with Gasteiger partial charge in [0.15, 0.2) is 11.5 Å². The number of fused-ring (bicyclic) bond motifs is 1. The monoisotopic (exact) mass is 247 g/mol. The molecule has 7 heteroatoms. The van der Waals surface area contributed by atoms with Gasteiger partial charge in [-0.1, -0.05) is 0 Å². The van der Waals surface area contributed by atoms with Crippen LogP contribution in [0, 0.1) is 0 Å². The predicted octanol–water partition coefficient (Wildman–Crippen LogP) is -0.474. The van der Waals surface area contributed by atoms with Crippen molar-refractivity contribution in [2.45, 2.75) is 6.04 Å². The van der Waals surface area contributed by atoms with E-state index in [-0.39, 0.29) is 6.04 Å². The second-order valence-electron chi connectivity index (χ2n) is 4.79. The molecule has 1 atom stereocenters. The summed E-state index contributed by atoms with van der Waals surface area (Å²) < 4.78 is 1.76. The molecule has 2 N–H and O–H groups in total. The van der Waals surface area contributed by atoms with Crippen LogP contribution < -0.4 is 5.84 Å². The molecule has 0 radical (unpaired) electrons. The summed E-state index contributed by atoms with van der Waals surface area (Å²) in [5.41, 5.74) is 0.849. The molecular formula is C11H17N7. The van der Waals surface area contributed by atoms with Crippen LogP contribution in [0.3, 0.4) is 0 Å². The van der Waals surface area contributed by atoms with Crippen LogP contribution >= 0.6 is 0 Å². The van der Waals surface area contributed by atoms with Crippen LogP contribution in [0.5, 0.6) is 0 Å². The zero-order valence-corrected chi connectivity index (χ0v) is 10.6. The van der Waals surface area contributed by atoms with E-state index in [4.69, 9.17) is 5.84 Å². The van der Waals surface area contributed by atoms with E-state index < -0.39 is 0 Å². The van der Waals surface area contributed by atoms with Gasteiger partial charge in [-0.15, -0.1) is 0 Å². The van der Waals surface area contributed by atoms with Crippen molar-refractivity contribution in [2.75, 3.05) is 26.7 Å². The molecule has 1 fully saturated rings. The first-order chi connectivity index (χ1) is 8.65. The lowest BCUT2D eigenvalue weighted by atomic mass is 10.2. The number of rotatable bonds is 1. The Bertz CT molecular complexity index is 564. The Labute approximate surface area is 105 Å². The van der Waals surface area contributed by atoms with Crippen molar-refractivity contribution in [3.63, 3.8) is 0 Å². The van der Waals surface area contributed by atoms with Crippen LogP contribution in [0.15, 0.2) is 12.4 Å². The summed E-state index contributed by atoms with van der Waals surface area (Å²) in [5.74, 6) is 6.80. The first-order valence-corrected chi connectivity index (χ1v) is 5.99. The SMILES string of the molecule is CN1CCN(N)C(c2ncc3cnn(C)c3n2)C1. The van der Waals surface area contributed by atoms with Gasteiger partial charge < -0.3 is 4.90 Å². The average molecular weight is 247 g/mol. The molecule has 1 aliphatic heterocycles. The highest BCUT2D eigenvalue weighted by Gasteiger charge is 2.27. The van der Waals surface area contributed by atoms with Crippen molar-refractivity contribution < 1.29 is 0 Å². The van der Waals surface area contributed by atoms with Crippen molar-refractivity contribution in [1.29, 1.82) is 0 Å². The molecule has 7 nitrogen and oxygen atoms in total. The molecule has 1 aliphatic rings. The fourth-order valence-corrected chi connectivity index (χ4v) is 2.27. The van der Waals surface area contributed by atoms with Gasteiger partial charge in [0, 0.05) is 32.9 Å². The van der Waals surface area contributed by atoms with Gasteiger partial charge in [-0.25, -0.2) is 15.0 Å². The van der Waals surface area contributed by atoms with Crippen molar-refractivity contribution in [3.8, 4) is 0 Å². The zero-order chi connectivity index (χ0) is 12.7. The fourth-order valence-electron chi connectivity index (χ4n) is 2.27. The van der Waals surface area contributed by atoms with Gasteiger partial charge in [-0.3, -0.25) is 10.5 Å². The second kappa shape index (κ2) is 4.27. The van der Waals surface area contributed by atoms with E-state index in [0.717, 1.165) is 36.5 Å². The van der Waals surface area contributed by atoms with E-state index in [9.17, 15) is 0 Å².